The van der Waals surface area contributed by atoms with E-state index in [2.05, 4.69) is 48.0 Å². The Morgan fingerprint density at radius 1 is 1.14 bits per heavy atom. The molecule has 0 radical (unpaired) electrons. The van der Waals surface area contributed by atoms with Gasteiger partial charge in [0.1, 0.15) is 0 Å². The molecule has 22 heavy (non-hydrogen) atoms. The molecule has 4 rings (SSSR count). The second-order valence-corrected chi connectivity index (χ2v) is 7.53. The van der Waals surface area contributed by atoms with Crippen molar-refractivity contribution in [2.24, 2.45) is 0 Å². The maximum Gasteiger partial charge on any atom is 0.251 e. The van der Waals surface area contributed by atoms with Crippen LogP contribution in [0.1, 0.15) is 36.7 Å². The predicted octanol–water partition coefficient (Wildman–Crippen LogP) is 1.71. The second kappa shape index (κ2) is 6.01. The number of carbonyl (C=O) groups excluding carboxylic acids is 1. The van der Waals surface area contributed by atoms with E-state index in [4.69, 9.17) is 0 Å². The molecule has 1 aromatic carbocycles. The van der Waals surface area contributed by atoms with Gasteiger partial charge in [-0.25, -0.2) is 0 Å². The lowest BCUT2D eigenvalue weighted by atomic mass is 9.87. The van der Waals surface area contributed by atoms with Crippen LogP contribution in [-0.4, -0.2) is 61.0 Å². The van der Waals surface area contributed by atoms with E-state index in [0.29, 0.717) is 6.04 Å². The molecule has 3 fully saturated rings. The van der Waals surface area contributed by atoms with Crippen molar-refractivity contribution in [3.63, 3.8) is 0 Å². The van der Waals surface area contributed by atoms with Gasteiger partial charge in [0, 0.05) is 50.9 Å². The summed E-state index contributed by atoms with van der Waals surface area (Å²) in [5, 5.41) is 3.10. The van der Waals surface area contributed by atoms with E-state index in [-0.39, 0.29) is 11.3 Å². The Balaban J connectivity index is 1.56. The first-order valence-corrected chi connectivity index (χ1v) is 8.28. The third-order valence-corrected chi connectivity index (χ3v) is 4.90. The molecule has 3 aliphatic rings. The second-order valence-electron chi connectivity index (χ2n) is 7.53. The van der Waals surface area contributed by atoms with Crippen LogP contribution in [0.5, 0.6) is 0 Å². The van der Waals surface area contributed by atoms with Crippen molar-refractivity contribution in [3.8, 4) is 0 Å². The first-order valence-electron chi connectivity index (χ1n) is 8.28. The summed E-state index contributed by atoms with van der Waals surface area (Å²) < 4.78 is 0. The lowest BCUT2D eigenvalue weighted by molar-refractivity contribution is 0.0138. The molecule has 3 saturated heterocycles. The number of amides is 1. The normalized spacial score (nSPS) is 27.7. The van der Waals surface area contributed by atoms with Gasteiger partial charge in [-0.1, -0.05) is 32.9 Å². The lowest BCUT2D eigenvalue weighted by Crippen LogP contribution is -2.63. The van der Waals surface area contributed by atoms with Crippen LogP contribution in [0.15, 0.2) is 24.3 Å². The van der Waals surface area contributed by atoms with Crippen molar-refractivity contribution in [1.82, 2.24) is 15.1 Å². The van der Waals surface area contributed by atoms with Crippen molar-refractivity contribution < 1.29 is 4.79 Å². The van der Waals surface area contributed by atoms with Crippen molar-refractivity contribution in [2.45, 2.75) is 32.2 Å². The Hall–Kier alpha value is -1.39. The molecule has 3 heterocycles. The van der Waals surface area contributed by atoms with Crippen LogP contribution in [-0.2, 0) is 5.41 Å². The Morgan fingerprint density at radius 3 is 2.27 bits per heavy atom. The zero-order valence-electron chi connectivity index (χ0n) is 13.9. The van der Waals surface area contributed by atoms with Gasteiger partial charge in [-0.2, -0.15) is 0 Å². The molecule has 0 aliphatic carbocycles. The summed E-state index contributed by atoms with van der Waals surface area (Å²) in [4.78, 5) is 17.3. The van der Waals surface area contributed by atoms with Gasteiger partial charge >= 0.3 is 0 Å². The van der Waals surface area contributed by atoms with Crippen molar-refractivity contribution in [1.29, 1.82) is 0 Å². The van der Waals surface area contributed by atoms with Gasteiger partial charge in [0.05, 0.1) is 0 Å². The summed E-state index contributed by atoms with van der Waals surface area (Å²) in [5.41, 5.74) is 2.13. The summed E-state index contributed by atoms with van der Waals surface area (Å²) in [6.45, 7) is 13.0. The van der Waals surface area contributed by atoms with Crippen LogP contribution in [0.25, 0.3) is 0 Å². The Morgan fingerprint density at radius 2 is 1.77 bits per heavy atom. The molecule has 0 aromatic heterocycles. The summed E-state index contributed by atoms with van der Waals surface area (Å²) in [5.74, 6) is 0.0399. The highest BCUT2D eigenvalue weighted by molar-refractivity contribution is 5.94. The number of fused-ring (bicyclic) bond motifs is 3. The summed E-state index contributed by atoms with van der Waals surface area (Å²) in [7, 11) is 0. The van der Waals surface area contributed by atoms with Crippen LogP contribution in [0.2, 0.25) is 0 Å². The van der Waals surface area contributed by atoms with E-state index in [9.17, 15) is 4.79 Å². The quantitative estimate of drug-likeness (QED) is 0.923. The van der Waals surface area contributed by atoms with Crippen LogP contribution in [0, 0.1) is 0 Å². The Bertz CT molecular complexity index is 524. The number of hydrogen-bond donors (Lipinski definition) is 1. The fraction of sp³-hybridized carbons (Fsp3) is 0.611. The minimum atomic E-state index is 0.0399. The molecule has 1 N–H and O–H groups in total. The summed E-state index contributed by atoms with van der Waals surface area (Å²) in [6.07, 6.45) is 0. The van der Waals surface area contributed by atoms with Crippen LogP contribution in [0.3, 0.4) is 0 Å². The zero-order chi connectivity index (χ0) is 15.7. The van der Waals surface area contributed by atoms with Gasteiger partial charge in [-0.05, 0) is 23.1 Å². The zero-order valence-corrected chi connectivity index (χ0v) is 13.9. The molecular weight excluding hydrogens is 274 g/mol. The van der Waals surface area contributed by atoms with E-state index >= 15 is 0 Å². The first kappa shape index (κ1) is 15.5. The Labute approximate surface area is 133 Å². The third kappa shape index (κ3) is 3.33. The lowest BCUT2D eigenvalue weighted by Gasteiger charge is -2.47. The minimum Gasteiger partial charge on any atom is -0.350 e. The number of hydrogen-bond acceptors (Lipinski definition) is 3. The largest absolute Gasteiger partial charge is 0.350 e. The first-order chi connectivity index (χ1) is 10.4. The molecule has 1 atom stereocenters. The highest BCUT2D eigenvalue weighted by atomic mass is 16.1. The molecule has 0 spiro atoms. The van der Waals surface area contributed by atoms with E-state index in [1.54, 1.807) is 0 Å². The van der Waals surface area contributed by atoms with E-state index in [1.165, 1.54) is 18.7 Å². The molecule has 4 nitrogen and oxygen atoms in total. The number of piperazine rings is 3. The molecule has 2 bridgehead atoms. The Kier molecular flexibility index (Phi) is 4.24. The molecule has 1 aromatic rings. The number of carbonyl (C=O) groups is 1. The smallest absolute Gasteiger partial charge is 0.251 e. The average molecular weight is 301 g/mol. The molecular formula is C18H27N3O. The number of benzene rings is 1. The van der Waals surface area contributed by atoms with Gasteiger partial charge in [0.2, 0.25) is 0 Å². The monoisotopic (exact) mass is 301 g/mol. The van der Waals surface area contributed by atoms with Crippen LogP contribution < -0.4 is 5.32 Å². The molecule has 1 unspecified atom stereocenters. The van der Waals surface area contributed by atoms with Crippen LogP contribution >= 0.6 is 0 Å². The van der Waals surface area contributed by atoms with Gasteiger partial charge in [0.15, 0.2) is 0 Å². The van der Waals surface area contributed by atoms with Crippen molar-refractivity contribution in [2.75, 3.05) is 39.3 Å². The topological polar surface area (TPSA) is 35.6 Å². The van der Waals surface area contributed by atoms with Crippen molar-refractivity contribution in [3.05, 3.63) is 35.4 Å². The van der Waals surface area contributed by atoms with Crippen LogP contribution in [0.4, 0.5) is 0 Å². The fourth-order valence-corrected chi connectivity index (χ4v) is 3.35. The highest BCUT2D eigenvalue weighted by Crippen LogP contribution is 2.22. The highest BCUT2D eigenvalue weighted by Gasteiger charge is 2.31. The van der Waals surface area contributed by atoms with E-state index in [1.807, 2.05) is 12.1 Å². The van der Waals surface area contributed by atoms with E-state index in [0.717, 1.165) is 31.7 Å². The standard InChI is InChI=1S/C18H27N3O/c1-18(2,3)15-6-4-14(5-7-15)17(22)19-12-16-13-20-8-10-21(16)11-9-20/h4-7,16H,8-13H2,1-3H3,(H,19,22). The van der Waals surface area contributed by atoms with Gasteiger partial charge < -0.3 is 5.32 Å². The maximum absolute atomic E-state index is 12.3. The molecule has 4 heteroatoms. The number of nitrogens with zero attached hydrogens (tertiary/aromatic N) is 2. The summed E-state index contributed by atoms with van der Waals surface area (Å²) in [6, 6.07) is 8.47. The minimum absolute atomic E-state index is 0.0399. The molecule has 0 saturated carbocycles. The van der Waals surface area contributed by atoms with E-state index < -0.39 is 0 Å². The maximum atomic E-state index is 12.3. The predicted molar refractivity (Wildman–Crippen MR) is 89.3 cm³/mol. The van der Waals surface area contributed by atoms with Gasteiger partial charge in [-0.15, -0.1) is 0 Å². The van der Waals surface area contributed by atoms with Gasteiger partial charge in [-0.3, -0.25) is 14.6 Å². The third-order valence-electron chi connectivity index (χ3n) is 4.90. The molecule has 3 aliphatic heterocycles. The molecule has 120 valence electrons. The summed E-state index contributed by atoms with van der Waals surface area (Å²) >= 11 is 0. The number of rotatable bonds is 3. The fourth-order valence-electron chi connectivity index (χ4n) is 3.35. The molecule has 1 amide bonds. The van der Waals surface area contributed by atoms with Crippen molar-refractivity contribution >= 4 is 5.91 Å². The SMILES string of the molecule is CC(C)(C)c1ccc(C(=O)NCC2CN3CCN2CC3)cc1. The van der Waals surface area contributed by atoms with Gasteiger partial charge in [0.25, 0.3) is 5.91 Å². The average Bonchev–Trinajstić information content (AvgIpc) is 2.53. The number of nitrogens with one attached hydrogen (secondary N) is 1.